The minimum atomic E-state index is 3.32. The molecule has 0 amide bonds. The third-order valence-electron chi connectivity index (χ3n) is 0.0556. The van der Waals surface area contributed by atoms with Crippen LogP contribution in [0.1, 0.15) is 0 Å². The third-order valence-corrected chi connectivity index (χ3v) is 0.0556. The lowest BCUT2D eigenvalue weighted by molar-refractivity contribution is -0.0859. The predicted molar refractivity (Wildman–Crippen MR) is 13.7 cm³/mol. The van der Waals surface area contributed by atoms with E-state index in [2.05, 4.69) is 25.7 Å². The lowest BCUT2D eigenvalue weighted by atomic mass is 10.6. The molecule has 4 heavy (non-hydrogen) atoms. The van der Waals surface area contributed by atoms with Crippen molar-refractivity contribution in [2.75, 3.05) is 0 Å². The van der Waals surface area contributed by atoms with Crippen molar-refractivity contribution in [1.29, 1.82) is 0 Å². The minimum absolute atomic E-state index is 3.32. The standard InChI is InChI=1S/B2O2/c1-3-4-2. The van der Waals surface area contributed by atoms with Crippen LogP contribution in [0.5, 0.6) is 0 Å². The normalized spacial score (nSPS) is 7.00. The van der Waals surface area contributed by atoms with Crippen LogP contribution in [0.25, 0.3) is 0 Å². The predicted octanol–water partition coefficient (Wildman–Crippen LogP) is -0.898. The summed E-state index contributed by atoms with van der Waals surface area (Å²) in [5.74, 6) is 0. The van der Waals surface area contributed by atoms with E-state index in [1.165, 1.54) is 0 Å². The van der Waals surface area contributed by atoms with Gasteiger partial charge in [0, 0.05) is 0 Å². The molecule has 4 heteroatoms. The summed E-state index contributed by atoms with van der Waals surface area (Å²) in [7, 11) is 8.36. The SMILES string of the molecule is [B]OO[B]. The Morgan fingerprint density at radius 3 is 1.25 bits per heavy atom. The van der Waals surface area contributed by atoms with E-state index in [0.29, 0.717) is 0 Å². The molecule has 0 saturated carbocycles. The molecule has 0 atom stereocenters. The molecule has 2 nitrogen and oxygen atoms in total. The van der Waals surface area contributed by atoms with Crippen molar-refractivity contribution in [3.63, 3.8) is 0 Å². The van der Waals surface area contributed by atoms with Crippen molar-refractivity contribution in [2.45, 2.75) is 0 Å². The van der Waals surface area contributed by atoms with Gasteiger partial charge < -0.3 is 9.61 Å². The molecule has 0 fully saturated rings. The highest BCUT2D eigenvalue weighted by molar-refractivity contribution is 6.01. The fourth-order valence-corrected chi connectivity index (χ4v) is 0. The molecule has 0 unspecified atom stereocenters. The first-order valence-electron chi connectivity index (χ1n) is 0.638. The third kappa shape index (κ3) is 2.05. The van der Waals surface area contributed by atoms with E-state index in [4.69, 9.17) is 0 Å². The lowest BCUT2D eigenvalue weighted by Crippen LogP contribution is -1.78. The maximum Gasteiger partial charge on any atom is 0.335 e. The Bertz CT molecular complexity index is 6.00. The quantitative estimate of drug-likeness (QED) is 0.219. The van der Waals surface area contributed by atoms with Crippen LogP contribution in [-0.2, 0) is 9.61 Å². The van der Waals surface area contributed by atoms with E-state index in [1.807, 2.05) is 0 Å². The first kappa shape index (κ1) is 4.05. The second kappa shape index (κ2) is 3.05. The molecule has 0 saturated heterocycles. The van der Waals surface area contributed by atoms with Crippen LogP contribution in [0.15, 0.2) is 0 Å². The molecule has 0 aliphatic heterocycles. The monoisotopic (exact) mass is 54.0 g/mol. The van der Waals surface area contributed by atoms with Crippen molar-refractivity contribution in [2.24, 2.45) is 0 Å². The van der Waals surface area contributed by atoms with Gasteiger partial charge in [-0.3, -0.25) is 0 Å². The summed E-state index contributed by atoms with van der Waals surface area (Å²) in [4.78, 5) is 6.64. The summed E-state index contributed by atoms with van der Waals surface area (Å²) < 4.78 is 0. The van der Waals surface area contributed by atoms with Crippen LogP contribution in [0.4, 0.5) is 0 Å². The molecule has 0 bridgehead atoms. The first-order chi connectivity index (χ1) is 1.91. The first-order valence-corrected chi connectivity index (χ1v) is 0.638. The summed E-state index contributed by atoms with van der Waals surface area (Å²) in [5, 5.41) is 0. The molecule has 18 valence electrons. The van der Waals surface area contributed by atoms with Crippen LogP contribution >= 0.6 is 0 Å². The zero-order chi connectivity index (χ0) is 3.41. The Balaban J connectivity index is 1.97. The molecule has 0 aromatic rings. The van der Waals surface area contributed by atoms with Gasteiger partial charge in [-0.15, -0.1) is 0 Å². The Hall–Kier alpha value is 0.0499. The van der Waals surface area contributed by atoms with Gasteiger partial charge in [0.2, 0.25) is 0 Å². The van der Waals surface area contributed by atoms with E-state index in [1.54, 1.807) is 0 Å². The Labute approximate surface area is 26.9 Å². The van der Waals surface area contributed by atoms with E-state index < -0.39 is 0 Å². The van der Waals surface area contributed by atoms with Gasteiger partial charge in [0.05, 0.1) is 0 Å². The van der Waals surface area contributed by atoms with Crippen molar-refractivity contribution in [3.05, 3.63) is 0 Å². The van der Waals surface area contributed by atoms with Crippen molar-refractivity contribution < 1.29 is 9.61 Å². The van der Waals surface area contributed by atoms with Gasteiger partial charge in [-0.1, -0.05) is 0 Å². The van der Waals surface area contributed by atoms with Crippen LogP contribution in [0.2, 0.25) is 0 Å². The molecule has 0 aliphatic rings. The second-order valence-corrected chi connectivity index (χ2v) is 0.192. The molecule has 0 N–H and O–H groups in total. The molecule has 4 radical (unpaired) electrons. The largest absolute Gasteiger partial charge is 0.335 e. The van der Waals surface area contributed by atoms with Crippen LogP contribution in [-0.4, -0.2) is 16.1 Å². The van der Waals surface area contributed by atoms with Gasteiger partial charge in [-0.25, -0.2) is 0 Å². The molecule has 0 aromatic heterocycles. The fourth-order valence-electron chi connectivity index (χ4n) is 0. The highest BCUT2D eigenvalue weighted by atomic mass is 17.2. The van der Waals surface area contributed by atoms with Crippen LogP contribution < -0.4 is 0 Å². The van der Waals surface area contributed by atoms with Gasteiger partial charge in [0.1, 0.15) is 0 Å². The second-order valence-electron chi connectivity index (χ2n) is 0.192. The summed E-state index contributed by atoms with van der Waals surface area (Å²) in [5.41, 5.74) is 0. The molecule has 0 aliphatic carbocycles. The zero-order valence-corrected chi connectivity index (χ0v) is 1.97. The van der Waals surface area contributed by atoms with Gasteiger partial charge >= 0.3 is 16.1 Å². The van der Waals surface area contributed by atoms with E-state index in [0.717, 1.165) is 0 Å². The molecular formula is B2O2. The average Bonchev–Trinajstić information content (AvgIpc) is 1.37. The van der Waals surface area contributed by atoms with Crippen LogP contribution in [0.3, 0.4) is 0 Å². The van der Waals surface area contributed by atoms with E-state index >= 15 is 0 Å². The maximum atomic E-state index is 4.18. The number of hydrogen-bond acceptors (Lipinski definition) is 2. The Morgan fingerprint density at radius 1 is 1.00 bits per heavy atom. The highest BCUT2D eigenvalue weighted by Gasteiger charge is 1.51. The molecule has 0 rings (SSSR count). The number of hydrogen-bond donors (Lipinski definition) is 0. The average molecular weight is 53.6 g/mol. The van der Waals surface area contributed by atoms with Gasteiger partial charge in [-0.2, -0.15) is 0 Å². The van der Waals surface area contributed by atoms with Crippen molar-refractivity contribution in [1.82, 2.24) is 0 Å². The minimum Gasteiger partial charge on any atom is -0.335 e. The van der Waals surface area contributed by atoms with Crippen LogP contribution in [0, 0.1) is 0 Å². The Morgan fingerprint density at radius 2 is 1.25 bits per heavy atom. The Kier molecular flexibility index (Phi) is 3.09. The van der Waals surface area contributed by atoms with Crippen molar-refractivity contribution in [3.8, 4) is 0 Å². The smallest absolute Gasteiger partial charge is 0.335 e. The van der Waals surface area contributed by atoms with Crippen molar-refractivity contribution >= 4 is 16.1 Å². The summed E-state index contributed by atoms with van der Waals surface area (Å²) in [6, 6.07) is 0. The summed E-state index contributed by atoms with van der Waals surface area (Å²) in [6.07, 6.45) is 0. The van der Waals surface area contributed by atoms with E-state index in [9.17, 15) is 0 Å². The number of rotatable bonds is 1. The van der Waals surface area contributed by atoms with Gasteiger partial charge in [0.15, 0.2) is 0 Å². The highest BCUT2D eigenvalue weighted by Crippen LogP contribution is 1.47. The topological polar surface area (TPSA) is 18.5 Å². The van der Waals surface area contributed by atoms with Gasteiger partial charge in [-0.05, 0) is 0 Å². The maximum absolute atomic E-state index is 4.18. The summed E-state index contributed by atoms with van der Waals surface area (Å²) >= 11 is 0. The van der Waals surface area contributed by atoms with E-state index in [-0.39, 0.29) is 0 Å². The fraction of sp³-hybridized carbons (Fsp3) is 0. The lowest BCUT2D eigenvalue weighted by Gasteiger charge is -1.80. The molecule has 0 spiro atoms. The molecular weight excluding hydrogens is 53.6 g/mol. The summed E-state index contributed by atoms with van der Waals surface area (Å²) in [6.45, 7) is 0. The zero-order valence-electron chi connectivity index (χ0n) is 1.97. The van der Waals surface area contributed by atoms with Gasteiger partial charge in [0.25, 0.3) is 0 Å². The molecule has 0 aromatic carbocycles. The molecule has 0 heterocycles.